The van der Waals surface area contributed by atoms with Crippen LogP contribution >= 0.6 is 11.6 Å². The number of aliphatic imine (C=N–C) groups is 1. The van der Waals surface area contributed by atoms with E-state index in [1.165, 1.54) is 7.11 Å². The molecule has 1 amide bonds. The van der Waals surface area contributed by atoms with Gasteiger partial charge >= 0.3 is 5.97 Å². The van der Waals surface area contributed by atoms with Gasteiger partial charge in [-0.15, -0.1) is 0 Å². The fourth-order valence-electron chi connectivity index (χ4n) is 3.33. The Balaban J connectivity index is 1.82. The monoisotopic (exact) mass is 467 g/mol. The highest BCUT2D eigenvalue weighted by Crippen LogP contribution is 2.14. The molecule has 0 radical (unpaired) electrons. The molecule has 0 aliphatic rings. The summed E-state index contributed by atoms with van der Waals surface area (Å²) in [5, 5.41) is 10.9. The second kappa shape index (κ2) is 10.8. The third kappa shape index (κ3) is 6.20. The van der Waals surface area contributed by atoms with E-state index >= 15 is 0 Å². The van der Waals surface area contributed by atoms with Crippen LogP contribution in [0.1, 0.15) is 37.7 Å². The fraction of sp³-hybridized carbons (Fsp3) is 0.250. The highest BCUT2D eigenvalue weighted by atomic mass is 35.5. The van der Waals surface area contributed by atoms with Crippen molar-refractivity contribution in [1.82, 2.24) is 15.1 Å². The molecule has 2 aromatic carbocycles. The Morgan fingerprint density at radius 2 is 1.85 bits per heavy atom. The van der Waals surface area contributed by atoms with E-state index in [1.54, 1.807) is 48.5 Å². The number of ether oxygens (including phenoxy) is 1. The topological polar surface area (TPSA) is 97.6 Å². The lowest BCUT2D eigenvalue weighted by atomic mass is 10.1. The van der Waals surface area contributed by atoms with Gasteiger partial charge < -0.3 is 10.1 Å². The standard InChI is InChI=1S/C24H26ClN5O3/c1-15-21(16(2)30(3)29-15)12-13-26-24(28-22(31)17-8-10-19(25)11-9-17)27-20-7-5-6-18(14-20)23(32)33-4/h5-11,14H,12-13H2,1-4H3,(H2,26,27,28,31). The molecule has 9 heteroatoms. The summed E-state index contributed by atoms with van der Waals surface area (Å²) < 4.78 is 6.62. The van der Waals surface area contributed by atoms with Gasteiger partial charge in [-0.05, 0) is 68.3 Å². The lowest BCUT2D eigenvalue weighted by Gasteiger charge is -2.13. The van der Waals surface area contributed by atoms with Crippen molar-refractivity contribution in [3.63, 3.8) is 0 Å². The van der Waals surface area contributed by atoms with Gasteiger partial charge in [0, 0.05) is 35.6 Å². The van der Waals surface area contributed by atoms with Crippen molar-refractivity contribution in [1.29, 1.82) is 0 Å². The van der Waals surface area contributed by atoms with Crippen molar-refractivity contribution >= 4 is 35.1 Å². The molecular formula is C24H26ClN5O3. The molecule has 0 aliphatic heterocycles. The molecule has 33 heavy (non-hydrogen) atoms. The number of methoxy groups -OCH3 is 1. The maximum absolute atomic E-state index is 12.8. The molecular weight excluding hydrogens is 442 g/mol. The van der Waals surface area contributed by atoms with Crippen LogP contribution in [0, 0.1) is 13.8 Å². The number of carbonyl (C=O) groups excluding carboxylic acids is 2. The number of esters is 1. The van der Waals surface area contributed by atoms with E-state index in [4.69, 9.17) is 16.3 Å². The van der Waals surface area contributed by atoms with Gasteiger partial charge in [-0.25, -0.2) is 4.79 Å². The number of aryl methyl sites for hydroxylation is 2. The first-order chi connectivity index (χ1) is 15.8. The first-order valence-corrected chi connectivity index (χ1v) is 10.7. The molecule has 0 fully saturated rings. The van der Waals surface area contributed by atoms with Gasteiger partial charge in [0.2, 0.25) is 5.96 Å². The van der Waals surface area contributed by atoms with Crippen LogP contribution in [-0.4, -0.2) is 41.3 Å². The molecule has 0 spiro atoms. The Morgan fingerprint density at radius 1 is 1.12 bits per heavy atom. The maximum Gasteiger partial charge on any atom is 0.337 e. The van der Waals surface area contributed by atoms with Crippen molar-refractivity contribution in [3.05, 3.63) is 81.6 Å². The average molecular weight is 468 g/mol. The Kier molecular flexibility index (Phi) is 7.84. The summed E-state index contributed by atoms with van der Waals surface area (Å²) in [6.45, 7) is 4.40. The van der Waals surface area contributed by atoms with Gasteiger partial charge in [-0.1, -0.05) is 17.7 Å². The molecule has 172 valence electrons. The van der Waals surface area contributed by atoms with Gasteiger partial charge in [0.1, 0.15) is 0 Å². The van der Waals surface area contributed by atoms with Crippen LogP contribution in [0.2, 0.25) is 5.02 Å². The summed E-state index contributed by atoms with van der Waals surface area (Å²) in [4.78, 5) is 29.2. The number of nitrogens with zero attached hydrogens (tertiary/aromatic N) is 3. The van der Waals surface area contributed by atoms with Crippen LogP contribution < -0.4 is 10.6 Å². The number of nitrogens with one attached hydrogen (secondary N) is 2. The van der Waals surface area contributed by atoms with Crippen molar-refractivity contribution in [2.75, 3.05) is 19.0 Å². The zero-order chi connectivity index (χ0) is 24.0. The maximum atomic E-state index is 12.8. The van der Waals surface area contributed by atoms with E-state index in [1.807, 2.05) is 25.6 Å². The molecule has 0 aliphatic carbocycles. The van der Waals surface area contributed by atoms with Crippen molar-refractivity contribution in [2.45, 2.75) is 20.3 Å². The third-order valence-electron chi connectivity index (χ3n) is 5.18. The quantitative estimate of drug-likeness (QED) is 0.325. The predicted octanol–water partition coefficient (Wildman–Crippen LogP) is 3.92. The minimum absolute atomic E-state index is 0.260. The van der Waals surface area contributed by atoms with E-state index in [-0.39, 0.29) is 11.9 Å². The first-order valence-electron chi connectivity index (χ1n) is 10.3. The Labute approximate surface area is 197 Å². The molecule has 1 heterocycles. The lowest BCUT2D eigenvalue weighted by molar-refractivity contribution is 0.0600. The van der Waals surface area contributed by atoms with Gasteiger partial charge in [0.15, 0.2) is 0 Å². The molecule has 3 aromatic rings. The summed E-state index contributed by atoms with van der Waals surface area (Å²) in [7, 11) is 3.23. The minimum atomic E-state index is -0.454. The summed E-state index contributed by atoms with van der Waals surface area (Å²) in [5.41, 5.74) is 4.56. The van der Waals surface area contributed by atoms with Crippen LogP contribution in [0.4, 0.5) is 5.69 Å². The number of hydrogen-bond acceptors (Lipinski definition) is 5. The zero-order valence-electron chi connectivity index (χ0n) is 19.0. The highest BCUT2D eigenvalue weighted by molar-refractivity contribution is 6.30. The largest absolute Gasteiger partial charge is 0.465 e. The molecule has 0 saturated heterocycles. The Morgan fingerprint density at radius 3 is 2.48 bits per heavy atom. The third-order valence-corrected chi connectivity index (χ3v) is 5.43. The van der Waals surface area contributed by atoms with Gasteiger partial charge in [0.05, 0.1) is 18.4 Å². The normalized spacial score (nSPS) is 11.2. The fourth-order valence-corrected chi connectivity index (χ4v) is 3.45. The van der Waals surface area contributed by atoms with Crippen LogP contribution in [-0.2, 0) is 18.2 Å². The van der Waals surface area contributed by atoms with E-state index in [0.29, 0.717) is 34.8 Å². The smallest absolute Gasteiger partial charge is 0.337 e. The number of halogens is 1. The van der Waals surface area contributed by atoms with Crippen LogP contribution in [0.3, 0.4) is 0 Å². The van der Waals surface area contributed by atoms with Gasteiger partial charge in [-0.3, -0.25) is 19.8 Å². The van der Waals surface area contributed by atoms with Crippen molar-refractivity contribution < 1.29 is 14.3 Å². The summed E-state index contributed by atoms with van der Waals surface area (Å²) in [5.74, 6) is -0.531. The number of guanidine groups is 1. The average Bonchev–Trinajstić information content (AvgIpc) is 3.04. The summed E-state index contributed by atoms with van der Waals surface area (Å²) in [6, 6.07) is 13.3. The number of hydrogen-bond donors (Lipinski definition) is 2. The van der Waals surface area contributed by atoms with E-state index in [2.05, 4.69) is 20.7 Å². The number of benzene rings is 2. The molecule has 0 bridgehead atoms. The number of anilines is 1. The molecule has 0 saturated carbocycles. The second-order valence-corrected chi connectivity index (χ2v) is 7.85. The number of carbonyl (C=O) groups is 2. The summed E-state index contributed by atoms with van der Waals surface area (Å²) >= 11 is 5.92. The van der Waals surface area contributed by atoms with Crippen LogP contribution in [0.5, 0.6) is 0 Å². The van der Waals surface area contributed by atoms with E-state index in [9.17, 15) is 9.59 Å². The first kappa shape index (κ1) is 24.0. The van der Waals surface area contributed by atoms with Crippen molar-refractivity contribution in [3.8, 4) is 0 Å². The molecule has 8 nitrogen and oxygen atoms in total. The molecule has 3 rings (SSSR count). The molecule has 0 atom stereocenters. The molecule has 2 N–H and O–H groups in total. The van der Waals surface area contributed by atoms with Crippen LogP contribution in [0.15, 0.2) is 53.5 Å². The van der Waals surface area contributed by atoms with E-state index < -0.39 is 5.97 Å². The Bertz CT molecular complexity index is 1190. The molecule has 1 aromatic heterocycles. The number of aromatic nitrogens is 2. The molecule has 0 unspecified atom stereocenters. The van der Waals surface area contributed by atoms with Crippen LogP contribution in [0.25, 0.3) is 0 Å². The predicted molar refractivity (Wildman–Crippen MR) is 129 cm³/mol. The Hall–Kier alpha value is -3.65. The SMILES string of the molecule is COC(=O)c1cccc(NC(=NCCc2c(C)nn(C)c2C)NC(=O)c2ccc(Cl)cc2)c1. The van der Waals surface area contributed by atoms with Gasteiger partial charge in [0.25, 0.3) is 5.91 Å². The highest BCUT2D eigenvalue weighted by Gasteiger charge is 2.13. The number of amides is 1. The second-order valence-electron chi connectivity index (χ2n) is 7.41. The minimum Gasteiger partial charge on any atom is -0.465 e. The van der Waals surface area contributed by atoms with E-state index in [0.717, 1.165) is 17.0 Å². The number of rotatable bonds is 6. The summed E-state index contributed by atoms with van der Waals surface area (Å²) in [6.07, 6.45) is 0.662. The van der Waals surface area contributed by atoms with Gasteiger partial charge in [-0.2, -0.15) is 5.10 Å². The zero-order valence-corrected chi connectivity index (χ0v) is 19.7. The lowest BCUT2D eigenvalue weighted by Crippen LogP contribution is -2.36. The van der Waals surface area contributed by atoms with Crippen molar-refractivity contribution in [2.24, 2.45) is 12.0 Å².